The molecule has 0 saturated carbocycles. The van der Waals surface area contributed by atoms with E-state index in [9.17, 15) is 82.4 Å². The van der Waals surface area contributed by atoms with Crippen LogP contribution in [0.1, 0.15) is 251 Å². The van der Waals surface area contributed by atoms with Gasteiger partial charge in [-0.3, -0.25) is 58.1 Å². The van der Waals surface area contributed by atoms with Gasteiger partial charge < -0.3 is 105 Å². The fourth-order valence-electron chi connectivity index (χ4n) is 12.5. The van der Waals surface area contributed by atoms with Crippen molar-refractivity contribution in [3.05, 3.63) is 59.7 Å². The highest BCUT2D eigenvalue weighted by atomic mass is 16.5. The zero-order valence-electron chi connectivity index (χ0n) is 73.8. The lowest BCUT2D eigenvalue weighted by Crippen LogP contribution is -2.43. The van der Waals surface area contributed by atoms with Crippen molar-refractivity contribution in [2.24, 2.45) is 17.6 Å². The average Bonchev–Trinajstić information content (AvgIpc) is 0.867. The third-order valence-corrected chi connectivity index (χ3v) is 19.9. The largest absolute Gasteiger partial charge is 0.494 e. The molecule has 5 atom stereocenters. The van der Waals surface area contributed by atoms with Crippen LogP contribution in [-0.2, 0) is 95.4 Å². The predicted octanol–water partition coefficient (Wildman–Crippen LogP) is 8.13. The number of ketones is 5. The lowest BCUT2D eigenvalue weighted by molar-refractivity contribution is -0.142. The van der Waals surface area contributed by atoms with Crippen LogP contribution in [0.5, 0.6) is 11.5 Å². The third kappa shape index (κ3) is 62.9. The molecule has 2 aromatic carbocycles. The molecule has 125 heavy (non-hydrogen) atoms. The summed E-state index contributed by atoms with van der Waals surface area (Å²) in [5.74, 6) is -7.11. The highest BCUT2D eigenvalue weighted by molar-refractivity contribution is 5.94. The van der Waals surface area contributed by atoms with Crippen LogP contribution in [0.3, 0.4) is 0 Å². The van der Waals surface area contributed by atoms with E-state index in [1.54, 1.807) is 38.1 Å². The number of unbranched alkanes of at least 4 members (excludes halogenated alkanes) is 14. The molecule has 0 radical (unpaired) electrons. The lowest BCUT2D eigenvalue weighted by Gasteiger charge is -2.23. The Morgan fingerprint density at radius 2 is 0.752 bits per heavy atom. The van der Waals surface area contributed by atoms with Crippen molar-refractivity contribution < 1.29 is 144 Å². The summed E-state index contributed by atoms with van der Waals surface area (Å²) < 4.78 is 54.8. The van der Waals surface area contributed by atoms with Crippen molar-refractivity contribution >= 4 is 82.3 Å². The summed E-state index contributed by atoms with van der Waals surface area (Å²) in [7, 11) is 0. The van der Waals surface area contributed by atoms with Crippen molar-refractivity contribution in [3.8, 4) is 11.5 Å². The molecular weight excluding hydrogens is 1630 g/mol. The number of ether oxygens (including phenoxy) is 10. The van der Waals surface area contributed by atoms with E-state index in [1.807, 2.05) is 0 Å². The molecule has 5 amide bonds. The number of carbonyl (C=O) groups excluding carboxylic acids is 10. The maximum absolute atomic E-state index is 13.7. The van der Waals surface area contributed by atoms with Crippen molar-refractivity contribution in [3.63, 3.8) is 0 Å². The van der Waals surface area contributed by atoms with Crippen LogP contribution in [0.15, 0.2) is 48.5 Å². The number of carboxylic acids is 4. The van der Waals surface area contributed by atoms with Crippen LogP contribution >= 0.6 is 0 Å². The van der Waals surface area contributed by atoms with E-state index in [0.717, 1.165) is 83.5 Å². The number of aliphatic carboxylic acids is 2. The SMILES string of the molecule is CC(=O)[C@H](CCCCNC(=O)COCCOCCNC(=O)COCCOCCCC(=O)CC[C@H](NC(O)CCCCCCCCCOc1ccc(C(=O)O)cc1)C(=O)O)CC(=O)[C@H](CCCCNC(=O)COCCOCCCC(=O)COCCOCCNC(=O)CC[C@H](NC(=O)CCCCCCCCCOc1ccc(C(=O)O)cc1)C(=O)O)CC(=O)C(C)(C)N.[HH].[HH].[HH]. The number of aliphatic hydroxyl groups is 1. The summed E-state index contributed by atoms with van der Waals surface area (Å²) >= 11 is 0. The standard InChI is InChI=1S/C89H143N7O29.3H2/c1-66(97)69(24-16-18-42-91-83(106)64-123-59-55-119-51-45-94-84(107)65-122-58-52-116-46-22-26-71(98)34-39-75(87(112)113)95-80(103)28-14-10-6-4-8-12-20-48-124-73-35-30-67(31-36-73)85(108)109)60-77(100)70(61-78(101)89(2,3)90)25-17-19-43-92-82(105)63-121-57-53-117-47-23-27-72(99)62-120-56-54-118-50-44-93-79(102)41-40-76(88(114)115)96-81(104)29-15-11-7-5-9-13-21-49-125-74-37-32-68(33-38-74)86(110)111;;;/h30-33,35-38,69-70,75-76,80,95,103H,4-29,34,39-65,90H2,1-3H3,(H,91,106)(H,92,105)(H,93,102)(H,94,107)(H,96,104)(H,108,109)(H,110,111)(H,112,113)(H,114,115);3*1H/t69-,70-,75+,76+,80?;;;/m1.../s1. The summed E-state index contributed by atoms with van der Waals surface area (Å²) in [4.78, 5) is 172. The van der Waals surface area contributed by atoms with E-state index in [1.165, 1.54) is 31.2 Å². The maximum Gasteiger partial charge on any atom is 0.335 e. The first-order valence-electron chi connectivity index (χ1n) is 44.2. The second-order valence-corrected chi connectivity index (χ2v) is 31.3. The Labute approximate surface area is 739 Å². The van der Waals surface area contributed by atoms with Crippen LogP contribution in [0, 0.1) is 11.8 Å². The highest BCUT2D eigenvalue weighted by Gasteiger charge is 2.31. The summed E-state index contributed by atoms with van der Waals surface area (Å²) in [6, 6.07) is 10.3. The minimum absolute atomic E-state index is 0. The Morgan fingerprint density at radius 3 is 1.21 bits per heavy atom. The zero-order valence-corrected chi connectivity index (χ0v) is 73.8. The van der Waals surface area contributed by atoms with Gasteiger partial charge in [-0.25, -0.2) is 14.4 Å². The monoisotopic (exact) mass is 1780 g/mol. The lowest BCUT2D eigenvalue weighted by atomic mass is 9.82. The number of carboxylic acid groups (broad SMARTS) is 4. The Hall–Kier alpha value is -8.82. The molecule has 0 aromatic heterocycles. The van der Waals surface area contributed by atoms with Gasteiger partial charge in [0.25, 0.3) is 0 Å². The molecule has 0 aliphatic carbocycles. The number of benzene rings is 2. The van der Waals surface area contributed by atoms with Gasteiger partial charge in [0.05, 0.1) is 95.9 Å². The first-order valence-corrected chi connectivity index (χ1v) is 44.2. The Balaban J connectivity index is 0. The first-order chi connectivity index (χ1) is 60.0. The maximum atomic E-state index is 13.7. The van der Waals surface area contributed by atoms with Gasteiger partial charge in [-0.1, -0.05) is 77.0 Å². The van der Waals surface area contributed by atoms with Gasteiger partial charge in [0, 0.05) is 100 Å². The molecule has 2 aromatic rings. The van der Waals surface area contributed by atoms with Gasteiger partial charge in [0.15, 0.2) is 11.6 Å². The van der Waals surface area contributed by atoms with Crippen LogP contribution < -0.4 is 47.1 Å². The Morgan fingerprint density at radius 1 is 0.360 bits per heavy atom. The highest BCUT2D eigenvalue weighted by Crippen LogP contribution is 2.25. The van der Waals surface area contributed by atoms with Crippen LogP contribution in [-0.4, -0.2) is 277 Å². The van der Waals surface area contributed by atoms with E-state index < -0.39 is 65.5 Å². The molecule has 714 valence electrons. The number of hydrogen-bond donors (Lipinski definition) is 12. The number of amides is 5. The second-order valence-electron chi connectivity index (χ2n) is 31.3. The number of rotatable bonds is 86. The van der Waals surface area contributed by atoms with Gasteiger partial charge in [0.1, 0.15) is 73.6 Å². The fourth-order valence-corrected chi connectivity index (χ4v) is 12.5. The molecule has 0 aliphatic rings. The third-order valence-electron chi connectivity index (χ3n) is 19.9. The smallest absolute Gasteiger partial charge is 0.335 e. The quantitative estimate of drug-likeness (QED) is 0.0219. The minimum Gasteiger partial charge on any atom is -0.494 e. The topological polar surface area (TPSA) is 531 Å². The molecule has 13 N–H and O–H groups in total. The van der Waals surface area contributed by atoms with Crippen molar-refractivity contribution in [1.82, 2.24) is 31.9 Å². The van der Waals surface area contributed by atoms with E-state index >= 15 is 0 Å². The van der Waals surface area contributed by atoms with Gasteiger partial charge in [-0.2, -0.15) is 0 Å². The van der Waals surface area contributed by atoms with E-state index in [0.29, 0.717) is 102 Å². The van der Waals surface area contributed by atoms with Crippen molar-refractivity contribution in [1.29, 1.82) is 0 Å². The second kappa shape index (κ2) is 72.2. The summed E-state index contributed by atoms with van der Waals surface area (Å²) in [5.41, 5.74) is 5.33. The molecule has 0 saturated heterocycles. The van der Waals surface area contributed by atoms with Crippen LogP contribution in [0.25, 0.3) is 0 Å². The Kier molecular flexibility index (Phi) is 64.9. The fraction of sp³-hybridized carbons (Fsp3) is 0.708. The molecule has 0 spiro atoms. The van der Waals surface area contributed by atoms with Crippen LogP contribution in [0.4, 0.5) is 0 Å². The molecule has 0 fully saturated rings. The number of carbonyl (C=O) groups is 14. The molecule has 0 aliphatic heterocycles. The normalized spacial score (nSPS) is 12.6. The van der Waals surface area contributed by atoms with Gasteiger partial charge in [-0.15, -0.1) is 0 Å². The van der Waals surface area contributed by atoms with E-state index in [-0.39, 0.29) is 245 Å². The summed E-state index contributed by atoms with van der Waals surface area (Å²) in [5, 5.41) is 63.8. The Bertz CT molecular complexity index is 3420. The number of Topliss-reactive ketones (excluding diaryl/α,β-unsaturated/α-hetero) is 5. The number of aliphatic hydroxyl groups excluding tert-OH is 1. The predicted molar refractivity (Wildman–Crippen MR) is 467 cm³/mol. The first kappa shape index (κ1) is 112. The molecule has 0 bridgehead atoms. The minimum atomic E-state index is -1.23. The molecule has 36 nitrogen and oxygen atoms in total. The average molecular weight is 1780 g/mol. The molecule has 2 rings (SSSR count). The van der Waals surface area contributed by atoms with E-state index in [4.69, 9.17) is 63.3 Å². The molecule has 1 unspecified atom stereocenters. The summed E-state index contributed by atoms with van der Waals surface area (Å²) in [6.07, 6.45) is 16.1. The molecule has 36 heteroatoms. The number of nitrogens with two attached hydrogens (primary N) is 1. The zero-order chi connectivity index (χ0) is 91.9. The number of hydrogen-bond acceptors (Lipinski definition) is 27. The van der Waals surface area contributed by atoms with Crippen molar-refractivity contribution in [2.45, 2.75) is 250 Å². The van der Waals surface area contributed by atoms with Gasteiger partial charge >= 0.3 is 23.9 Å². The van der Waals surface area contributed by atoms with E-state index in [2.05, 4.69) is 31.9 Å². The number of aromatic carboxylic acids is 2. The number of nitrogens with one attached hydrogen (secondary N) is 6. The van der Waals surface area contributed by atoms with Gasteiger partial charge in [-0.05, 0) is 153 Å². The molecule has 0 heterocycles. The summed E-state index contributed by atoms with van der Waals surface area (Å²) in [6.45, 7) is 8.06. The van der Waals surface area contributed by atoms with Crippen LogP contribution in [0.2, 0.25) is 0 Å². The van der Waals surface area contributed by atoms with Gasteiger partial charge in [0.2, 0.25) is 29.5 Å². The van der Waals surface area contributed by atoms with Crippen molar-refractivity contribution in [2.75, 3.05) is 145 Å². The molecular formula is C89H149N7O29.